The van der Waals surface area contributed by atoms with Gasteiger partial charge in [0.05, 0.1) is 6.61 Å². The summed E-state index contributed by atoms with van der Waals surface area (Å²) in [4.78, 5) is 30.5. The Balaban J connectivity index is 1.23. The summed E-state index contributed by atoms with van der Waals surface area (Å²) in [6.07, 6.45) is 12.7. The Morgan fingerprint density at radius 3 is 2.33 bits per heavy atom. The number of Topliss-reactive ketones (excluding diaryl/α,β-unsaturated/α-hetero) is 1. The van der Waals surface area contributed by atoms with Gasteiger partial charge in [-0.2, -0.15) is 0 Å². The first-order valence-corrected chi connectivity index (χ1v) is 16.6. The molecule has 2 saturated heterocycles. The van der Waals surface area contributed by atoms with E-state index in [1.165, 1.54) is 18.4 Å². The monoisotopic (exact) mass is 597 g/mol. The predicted molar refractivity (Wildman–Crippen MR) is 161 cm³/mol. The van der Waals surface area contributed by atoms with Gasteiger partial charge in [0.1, 0.15) is 0 Å². The molecule has 0 bridgehead atoms. The lowest BCUT2D eigenvalue weighted by molar-refractivity contribution is -0.133. The number of likely N-dealkylation sites (tertiary alicyclic amines) is 2. The van der Waals surface area contributed by atoms with E-state index in [-0.39, 0.29) is 35.9 Å². The second-order valence-corrected chi connectivity index (χ2v) is 14.4. The van der Waals surface area contributed by atoms with Crippen LogP contribution in [0.5, 0.6) is 0 Å². The molecule has 1 aromatic rings. The normalized spacial score (nSPS) is 21.8. The molecule has 10 heteroatoms. The van der Waals surface area contributed by atoms with E-state index < -0.39 is 20.5 Å². The zero-order valence-corrected chi connectivity index (χ0v) is 25.3. The predicted octanol–water partition coefficient (Wildman–Crippen LogP) is 3.66. The van der Waals surface area contributed by atoms with Crippen molar-refractivity contribution < 1.29 is 28.0 Å². The molecule has 0 radical (unpaired) electrons. The molecule has 2 N–H and O–H groups in total. The summed E-state index contributed by atoms with van der Waals surface area (Å²) < 4.78 is 31.3. The zero-order chi connectivity index (χ0) is 29.7. The van der Waals surface area contributed by atoms with E-state index in [0.29, 0.717) is 39.3 Å². The second kappa shape index (κ2) is 13.2. The maximum Gasteiger partial charge on any atom is 0.265 e. The Kier molecular flexibility index (Phi) is 9.67. The SMILES string of the molecule is COCCN1CCC(C(=O)NO)(S(=O)(=O)C2=CC=C(N3CCC(C(=O)c4ccc(CC5CC5)cc4)CC3)C=CC2)CC1. The summed E-state index contributed by atoms with van der Waals surface area (Å²) >= 11 is 0. The minimum absolute atomic E-state index is 0.0241. The molecule has 2 heterocycles. The fourth-order valence-corrected chi connectivity index (χ4v) is 8.51. The molecule has 1 amide bonds. The van der Waals surface area contributed by atoms with E-state index in [9.17, 15) is 23.2 Å². The Hall–Kier alpha value is -2.79. The van der Waals surface area contributed by atoms with Crippen LogP contribution in [0.1, 0.15) is 60.9 Å². The number of ketones is 1. The van der Waals surface area contributed by atoms with Crippen molar-refractivity contribution in [2.45, 2.75) is 56.1 Å². The van der Waals surface area contributed by atoms with Crippen LogP contribution in [0, 0.1) is 11.8 Å². The van der Waals surface area contributed by atoms with E-state index in [4.69, 9.17) is 4.74 Å². The van der Waals surface area contributed by atoms with Crippen LogP contribution < -0.4 is 5.48 Å². The summed E-state index contributed by atoms with van der Waals surface area (Å²) in [5.74, 6) is 0.118. The first-order chi connectivity index (χ1) is 20.3. The number of methoxy groups -OCH3 is 1. The lowest BCUT2D eigenvalue weighted by Gasteiger charge is -2.39. The number of piperidine rings is 2. The van der Waals surface area contributed by atoms with Crippen LogP contribution in [0.25, 0.3) is 0 Å². The molecule has 9 nitrogen and oxygen atoms in total. The minimum atomic E-state index is -4.06. The average Bonchev–Trinajstić information content (AvgIpc) is 3.87. The summed E-state index contributed by atoms with van der Waals surface area (Å²) in [5.41, 5.74) is 4.62. The standard InChI is InChI=1S/C32H43N3O6S/c1-41-22-21-34-19-15-32(16-20-34,31(37)33-38)42(39,40)29-4-2-3-28(11-12-29)35-17-13-27(14-18-35)30(36)26-9-7-25(8-10-26)23-24-5-6-24/h2-3,7-12,24,27,38H,4-6,13-23H2,1H3,(H,33,37). The second-order valence-electron chi connectivity index (χ2n) is 12.1. The number of nitrogens with zero attached hydrogens (tertiary/aromatic N) is 2. The highest BCUT2D eigenvalue weighted by molar-refractivity contribution is 7.97. The number of hydroxylamine groups is 1. The number of sulfone groups is 1. The van der Waals surface area contributed by atoms with Crippen molar-refractivity contribution in [1.29, 1.82) is 0 Å². The number of hydrogen-bond acceptors (Lipinski definition) is 8. The number of benzene rings is 1. The molecule has 0 spiro atoms. The maximum atomic E-state index is 14.0. The highest BCUT2D eigenvalue weighted by atomic mass is 32.2. The van der Waals surface area contributed by atoms with Crippen molar-refractivity contribution >= 4 is 21.5 Å². The number of carbonyl (C=O) groups is 2. The van der Waals surface area contributed by atoms with Gasteiger partial charge in [0.25, 0.3) is 5.91 Å². The number of ether oxygens (including phenoxy) is 1. The summed E-state index contributed by atoms with van der Waals surface area (Å²) in [6, 6.07) is 8.14. The topological polar surface area (TPSA) is 116 Å². The number of rotatable bonds is 11. The van der Waals surface area contributed by atoms with Gasteiger partial charge in [-0.05, 0) is 74.7 Å². The third-order valence-electron chi connectivity index (χ3n) is 9.39. The molecule has 0 unspecified atom stereocenters. The van der Waals surface area contributed by atoms with Crippen molar-refractivity contribution in [2.75, 3.05) is 46.4 Å². The van der Waals surface area contributed by atoms with Crippen molar-refractivity contribution in [3.8, 4) is 0 Å². The van der Waals surface area contributed by atoms with Crippen molar-refractivity contribution in [3.63, 3.8) is 0 Å². The number of allylic oxidation sites excluding steroid dienone is 5. The van der Waals surface area contributed by atoms with Gasteiger partial charge in [0.2, 0.25) is 0 Å². The van der Waals surface area contributed by atoms with Crippen LogP contribution in [0.15, 0.2) is 59.2 Å². The van der Waals surface area contributed by atoms with E-state index in [1.807, 2.05) is 24.3 Å². The fraction of sp³-hybridized carbons (Fsp3) is 0.562. The van der Waals surface area contributed by atoms with E-state index in [1.54, 1.807) is 24.7 Å². The first-order valence-electron chi connectivity index (χ1n) is 15.1. The first kappa shape index (κ1) is 30.7. The van der Waals surface area contributed by atoms with Crippen molar-refractivity contribution in [2.24, 2.45) is 11.8 Å². The van der Waals surface area contributed by atoms with Gasteiger partial charge in [-0.25, -0.2) is 13.9 Å². The molecule has 3 fully saturated rings. The van der Waals surface area contributed by atoms with Crippen LogP contribution >= 0.6 is 0 Å². The number of nitrogens with one attached hydrogen (secondary N) is 1. The molecule has 42 heavy (non-hydrogen) atoms. The fourth-order valence-electron chi connectivity index (χ4n) is 6.43. The molecule has 0 aromatic heterocycles. The maximum absolute atomic E-state index is 14.0. The van der Waals surface area contributed by atoms with Crippen LogP contribution in [0.2, 0.25) is 0 Å². The van der Waals surface area contributed by atoms with Gasteiger partial charge < -0.3 is 14.5 Å². The molecule has 5 rings (SSSR count). The zero-order valence-electron chi connectivity index (χ0n) is 24.5. The van der Waals surface area contributed by atoms with Gasteiger partial charge in [-0.1, -0.05) is 30.3 Å². The van der Waals surface area contributed by atoms with Crippen LogP contribution in [-0.4, -0.2) is 86.3 Å². The Morgan fingerprint density at radius 1 is 1.02 bits per heavy atom. The Labute approximate surface area is 249 Å². The number of hydrogen-bond donors (Lipinski definition) is 2. The number of amides is 1. The Bertz CT molecular complexity index is 1330. The number of carbonyl (C=O) groups excluding carboxylic acids is 2. The third kappa shape index (κ3) is 6.56. The molecule has 2 aliphatic carbocycles. The highest BCUT2D eigenvalue weighted by Crippen LogP contribution is 2.38. The summed E-state index contributed by atoms with van der Waals surface area (Å²) in [5, 5.41) is 9.49. The Morgan fingerprint density at radius 2 is 1.71 bits per heavy atom. The summed E-state index contributed by atoms with van der Waals surface area (Å²) in [7, 11) is -2.45. The lowest BCUT2D eigenvalue weighted by Crippen LogP contribution is -2.58. The molecule has 2 aliphatic heterocycles. The highest BCUT2D eigenvalue weighted by Gasteiger charge is 2.53. The third-order valence-corrected chi connectivity index (χ3v) is 12.0. The molecule has 1 saturated carbocycles. The van der Waals surface area contributed by atoms with Crippen LogP contribution in [0.3, 0.4) is 0 Å². The van der Waals surface area contributed by atoms with Crippen LogP contribution in [0.4, 0.5) is 0 Å². The van der Waals surface area contributed by atoms with Gasteiger partial charge >= 0.3 is 0 Å². The molecule has 0 atom stereocenters. The van der Waals surface area contributed by atoms with Gasteiger partial charge in [-0.15, -0.1) is 0 Å². The molecule has 228 valence electrons. The average molecular weight is 598 g/mol. The van der Waals surface area contributed by atoms with Crippen molar-refractivity contribution in [3.05, 3.63) is 70.3 Å². The quantitative estimate of drug-likeness (QED) is 0.226. The van der Waals surface area contributed by atoms with Gasteiger partial charge in [0, 0.05) is 68.3 Å². The van der Waals surface area contributed by atoms with E-state index in [2.05, 4.69) is 21.9 Å². The minimum Gasteiger partial charge on any atom is -0.383 e. The van der Waals surface area contributed by atoms with Crippen molar-refractivity contribution in [1.82, 2.24) is 15.3 Å². The largest absolute Gasteiger partial charge is 0.383 e. The summed E-state index contributed by atoms with van der Waals surface area (Å²) in [6.45, 7) is 3.41. The van der Waals surface area contributed by atoms with E-state index >= 15 is 0 Å². The van der Waals surface area contributed by atoms with Gasteiger partial charge in [-0.3, -0.25) is 14.8 Å². The molecule has 4 aliphatic rings. The van der Waals surface area contributed by atoms with E-state index in [0.717, 1.165) is 36.4 Å². The molecular weight excluding hydrogens is 554 g/mol. The molecular formula is C32H43N3O6S. The lowest BCUT2D eigenvalue weighted by atomic mass is 9.88. The van der Waals surface area contributed by atoms with Crippen LogP contribution in [-0.2, 0) is 25.8 Å². The molecule has 1 aromatic carbocycles. The van der Waals surface area contributed by atoms with Gasteiger partial charge in [0.15, 0.2) is 20.4 Å². The smallest absolute Gasteiger partial charge is 0.265 e.